The normalized spacial score (nSPS) is 10.3. The van der Waals surface area contributed by atoms with Crippen LogP contribution in [0, 0.1) is 0 Å². The van der Waals surface area contributed by atoms with Crippen LogP contribution in [0.4, 0.5) is 5.69 Å². The highest BCUT2D eigenvalue weighted by Gasteiger charge is 2.09. The Morgan fingerprint density at radius 3 is 2.31 bits per heavy atom. The van der Waals surface area contributed by atoms with Gasteiger partial charge in [-0.25, -0.2) is 4.68 Å². The summed E-state index contributed by atoms with van der Waals surface area (Å²) in [6.45, 7) is 1.96. The summed E-state index contributed by atoms with van der Waals surface area (Å²) in [4.78, 5) is 35.4. The van der Waals surface area contributed by atoms with E-state index in [1.54, 1.807) is 49.6 Å². The summed E-state index contributed by atoms with van der Waals surface area (Å²) in [7, 11) is 1.58. The van der Waals surface area contributed by atoms with E-state index < -0.39 is 0 Å². The van der Waals surface area contributed by atoms with Gasteiger partial charge >= 0.3 is 0 Å². The molecule has 0 saturated carbocycles. The zero-order valence-corrected chi connectivity index (χ0v) is 17.8. The van der Waals surface area contributed by atoms with Gasteiger partial charge in [0, 0.05) is 24.2 Å². The van der Waals surface area contributed by atoms with E-state index in [0.717, 1.165) is 10.2 Å². The molecule has 0 atom stereocenters. The van der Waals surface area contributed by atoms with E-state index >= 15 is 0 Å². The zero-order valence-electron chi connectivity index (χ0n) is 17.8. The van der Waals surface area contributed by atoms with Crippen LogP contribution >= 0.6 is 0 Å². The predicted molar refractivity (Wildman–Crippen MR) is 120 cm³/mol. The molecule has 2 N–H and O–H groups in total. The molecular weight excluding hydrogens is 412 g/mol. The number of carbonyl (C=O) groups is 2. The van der Waals surface area contributed by atoms with E-state index in [1.165, 1.54) is 13.0 Å². The monoisotopic (exact) mass is 436 g/mol. The first kappa shape index (κ1) is 22.5. The summed E-state index contributed by atoms with van der Waals surface area (Å²) in [5.41, 5.74) is 1.55. The van der Waals surface area contributed by atoms with Crippen LogP contribution in [0.25, 0.3) is 11.3 Å². The van der Waals surface area contributed by atoms with E-state index in [4.69, 9.17) is 9.47 Å². The van der Waals surface area contributed by atoms with Crippen molar-refractivity contribution < 1.29 is 19.1 Å². The lowest BCUT2D eigenvalue weighted by Crippen LogP contribution is -2.29. The molecule has 166 valence electrons. The number of benzene rings is 2. The van der Waals surface area contributed by atoms with Crippen molar-refractivity contribution in [2.24, 2.45) is 0 Å². The van der Waals surface area contributed by atoms with Gasteiger partial charge in [0.25, 0.3) is 5.56 Å². The van der Waals surface area contributed by atoms with Gasteiger partial charge in [-0.3, -0.25) is 14.4 Å². The third-order valence-corrected chi connectivity index (χ3v) is 4.43. The van der Waals surface area contributed by atoms with Crippen molar-refractivity contribution in [3.63, 3.8) is 0 Å². The van der Waals surface area contributed by atoms with Gasteiger partial charge in [-0.1, -0.05) is 0 Å². The summed E-state index contributed by atoms with van der Waals surface area (Å²) in [6.07, 6.45) is 0. The molecule has 0 aliphatic heterocycles. The van der Waals surface area contributed by atoms with Gasteiger partial charge in [-0.15, -0.1) is 0 Å². The second kappa shape index (κ2) is 10.8. The van der Waals surface area contributed by atoms with Gasteiger partial charge in [-0.2, -0.15) is 5.10 Å². The Morgan fingerprint density at radius 1 is 0.969 bits per heavy atom. The fraction of sp³-hybridized carbons (Fsp3) is 0.217. The number of methoxy groups -OCH3 is 1. The van der Waals surface area contributed by atoms with E-state index in [0.29, 0.717) is 36.0 Å². The third kappa shape index (κ3) is 6.43. The molecule has 9 nitrogen and oxygen atoms in total. The van der Waals surface area contributed by atoms with Crippen LogP contribution in [-0.4, -0.2) is 41.9 Å². The molecule has 9 heteroatoms. The maximum Gasteiger partial charge on any atom is 0.267 e. The van der Waals surface area contributed by atoms with Gasteiger partial charge in [0.05, 0.1) is 19.3 Å². The quantitative estimate of drug-likeness (QED) is 0.497. The second-order valence-electron chi connectivity index (χ2n) is 6.85. The van der Waals surface area contributed by atoms with Crippen molar-refractivity contribution in [2.75, 3.05) is 25.6 Å². The molecule has 3 aromatic rings. The van der Waals surface area contributed by atoms with Crippen LogP contribution in [0.15, 0.2) is 65.5 Å². The van der Waals surface area contributed by atoms with Gasteiger partial charge in [0.1, 0.15) is 24.7 Å². The predicted octanol–water partition coefficient (Wildman–Crippen LogP) is 2.07. The molecule has 32 heavy (non-hydrogen) atoms. The van der Waals surface area contributed by atoms with Crippen LogP contribution < -0.4 is 25.7 Å². The first-order chi connectivity index (χ1) is 15.4. The average molecular weight is 436 g/mol. The SMILES string of the molecule is COc1ccc(-c2ccc(=O)n(CC(=O)Nc3ccc(OCCNC(C)=O)cc3)n2)cc1. The topological polar surface area (TPSA) is 112 Å². The summed E-state index contributed by atoms with van der Waals surface area (Å²) < 4.78 is 11.8. The maximum absolute atomic E-state index is 12.4. The largest absolute Gasteiger partial charge is 0.497 e. The first-order valence-corrected chi connectivity index (χ1v) is 9.94. The molecule has 0 radical (unpaired) electrons. The molecule has 0 aliphatic rings. The number of nitrogens with one attached hydrogen (secondary N) is 2. The summed E-state index contributed by atoms with van der Waals surface area (Å²) in [5.74, 6) is 0.824. The van der Waals surface area contributed by atoms with Crippen molar-refractivity contribution in [3.05, 3.63) is 71.0 Å². The van der Waals surface area contributed by atoms with Gasteiger partial charge in [0.15, 0.2) is 0 Å². The number of ether oxygens (including phenoxy) is 2. The van der Waals surface area contributed by atoms with E-state index in [9.17, 15) is 14.4 Å². The van der Waals surface area contributed by atoms with Crippen molar-refractivity contribution in [2.45, 2.75) is 13.5 Å². The second-order valence-corrected chi connectivity index (χ2v) is 6.85. The van der Waals surface area contributed by atoms with Crippen LogP contribution in [-0.2, 0) is 16.1 Å². The van der Waals surface area contributed by atoms with Crippen LogP contribution in [0.3, 0.4) is 0 Å². The highest BCUT2D eigenvalue weighted by Crippen LogP contribution is 2.19. The Kier molecular flexibility index (Phi) is 7.58. The molecule has 0 saturated heterocycles. The van der Waals surface area contributed by atoms with E-state index in [1.807, 2.05) is 12.1 Å². The first-order valence-electron chi connectivity index (χ1n) is 9.94. The van der Waals surface area contributed by atoms with Crippen molar-refractivity contribution in [1.82, 2.24) is 15.1 Å². The Hall–Kier alpha value is -4.14. The number of nitrogens with zero attached hydrogens (tertiary/aromatic N) is 2. The zero-order chi connectivity index (χ0) is 22.9. The number of hydrogen-bond donors (Lipinski definition) is 2. The average Bonchev–Trinajstić information content (AvgIpc) is 2.79. The van der Waals surface area contributed by atoms with Crippen molar-refractivity contribution >= 4 is 17.5 Å². The van der Waals surface area contributed by atoms with E-state index in [2.05, 4.69) is 15.7 Å². The summed E-state index contributed by atoms with van der Waals surface area (Å²) in [5, 5.41) is 9.67. The molecule has 0 bridgehead atoms. The number of rotatable bonds is 9. The fourth-order valence-electron chi connectivity index (χ4n) is 2.84. The summed E-state index contributed by atoms with van der Waals surface area (Å²) in [6, 6.07) is 17.0. The lowest BCUT2D eigenvalue weighted by molar-refractivity contribution is -0.119. The van der Waals surface area contributed by atoms with Gasteiger partial charge in [0.2, 0.25) is 11.8 Å². The molecule has 0 aliphatic carbocycles. The fourth-order valence-corrected chi connectivity index (χ4v) is 2.84. The van der Waals surface area contributed by atoms with Gasteiger partial charge in [-0.05, 0) is 54.6 Å². The highest BCUT2D eigenvalue weighted by atomic mass is 16.5. The van der Waals surface area contributed by atoms with Gasteiger partial charge < -0.3 is 20.1 Å². The lowest BCUT2D eigenvalue weighted by Gasteiger charge is -2.10. The van der Waals surface area contributed by atoms with E-state index in [-0.39, 0.29) is 23.9 Å². The molecule has 3 rings (SSSR count). The van der Waals surface area contributed by atoms with Crippen LogP contribution in [0.2, 0.25) is 0 Å². The standard InChI is InChI=1S/C23H24N4O5/c1-16(28)24-13-14-32-20-9-5-18(6-10-20)25-22(29)15-27-23(30)12-11-21(26-27)17-3-7-19(31-2)8-4-17/h3-12H,13-15H2,1-2H3,(H,24,28)(H,25,29). The molecule has 2 aromatic carbocycles. The molecule has 0 spiro atoms. The molecule has 0 fully saturated rings. The Morgan fingerprint density at radius 2 is 1.66 bits per heavy atom. The molecular formula is C23H24N4O5. The minimum atomic E-state index is -0.384. The van der Waals surface area contributed by atoms with Crippen LogP contribution in [0.5, 0.6) is 11.5 Å². The third-order valence-electron chi connectivity index (χ3n) is 4.43. The minimum absolute atomic E-state index is 0.116. The summed E-state index contributed by atoms with van der Waals surface area (Å²) >= 11 is 0. The lowest BCUT2D eigenvalue weighted by atomic mass is 10.1. The molecule has 1 heterocycles. The van der Waals surface area contributed by atoms with Crippen LogP contribution in [0.1, 0.15) is 6.92 Å². The van der Waals surface area contributed by atoms with Crippen molar-refractivity contribution in [1.29, 1.82) is 0 Å². The number of hydrogen-bond acceptors (Lipinski definition) is 6. The smallest absolute Gasteiger partial charge is 0.267 e. The Balaban J connectivity index is 1.59. The number of amides is 2. The molecule has 0 unspecified atom stereocenters. The molecule has 1 aromatic heterocycles. The number of carbonyl (C=O) groups excluding carboxylic acids is 2. The Bertz CT molecular complexity index is 1120. The Labute approximate surface area is 185 Å². The number of anilines is 1. The highest BCUT2D eigenvalue weighted by molar-refractivity contribution is 5.90. The minimum Gasteiger partial charge on any atom is -0.497 e. The van der Waals surface area contributed by atoms with Crippen molar-refractivity contribution in [3.8, 4) is 22.8 Å². The number of aromatic nitrogens is 2. The molecule has 2 amide bonds. The maximum atomic E-state index is 12.4.